The van der Waals surface area contributed by atoms with E-state index in [4.69, 9.17) is 0 Å². The van der Waals surface area contributed by atoms with Crippen LogP contribution in [0.4, 0.5) is 5.69 Å². The van der Waals surface area contributed by atoms with Crippen LogP contribution in [0.1, 0.15) is 19.4 Å². The number of hydrogen-bond donors (Lipinski definition) is 0. The molecule has 0 unspecified atom stereocenters. The van der Waals surface area contributed by atoms with Crippen molar-refractivity contribution in [3.63, 3.8) is 0 Å². The molecule has 0 aromatic heterocycles. The zero-order valence-electron chi connectivity index (χ0n) is 9.34. The van der Waals surface area contributed by atoms with Gasteiger partial charge in [-0.1, -0.05) is 48.0 Å². The Bertz CT molecular complexity index is 305. The number of anilines is 1. The molecule has 0 fully saturated rings. The van der Waals surface area contributed by atoms with Crippen molar-refractivity contribution in [3.8, 4) is 0 Å². The Balaban J connectivity index is 3.20. The second kappa shape index (κ2) is 4.35. The van der Waals surface area contributed by atoms with E-state index in [1.54, 1.807) is 0 Å². The Morgan fingerprint density at radius 1 is 1.21 bits per heavy atom. The summed E-state index contributed by atoms with van der Waals surface area (Å²) in [5.41, 5.74) is 2.87. The van der Waals surface area contributed by atoms with E-state index < -0.39 is 0 Å². The molecule has 1 aromatic carbocycles. The fraction of sp³-hybridized carbons (Fsp3) is 0.500. The Hall–Kier alpha value is -0.500. The minimum absolute atomic E-state index is 0.181. The summed E-state index contributed by atoms with van der Waals surface area (Å²) >= 11 is 3.57. The third-order valence-electron chi connectivity index (χ3n) is 2.45. The lowest BCUT2D eigenvalue weighted by Gasteiger charge is -2.28. The summed E-state index contributed by atoms with van der Waals surface area (Å²) in [5, 5.41) is 0.977. The van der Waals surface area contributed by atoms with E-state index in [1.807, 2.05) is 0 Å². The summed E-state index contributed by atoms with van der Waals surface area (Å²) in [7, 11) is 4.17. The maximum absolute atomic E-state index is 3.57. The first kappa shape index (κ1) is 11.6. The number of benzene rings is 1. The second-order valence-corrected chi connectivity index (χ2v) is 4.99. The third kappa shape index (κ3) is 2.30. The summed E-state index contributed by atoms with van der Waals surface area (Å²) in [6.45, 7) is 4.51. The van der Waals surface area contributed by atoms with Crippen LogP contribution in [0.3, 0.4) is 0 Å². The van der Waals surface area contributed by atoms with Crippen LogP contribution < -0.4 is 4.90 Å². The molecule has 0 aliphatic carbocycles. The Labute approximate surface area is 95.2 Å². The normalized spacial score (nSPS) is 11.5. The van der Waals surface area contributed by atoms with Crippen molar-refractivity contribution in [2.24, 2.45) is 0 Å². The fourth-order valence-corrected chi connectivity index (χ4v) is 1.81. The number of halogens is 1. The quantitative estimate of drug-likeness (QED) is 0.749. The number of nitrogens with zero attached hydrogens (tertiary/aromatic N) is 1. The highest BCUT2D eigenvalue weighted by Gasteiger charge is 2.22. The lowest BCUT2D eigenvalue weighted by atomic mass is 9.85. The summed E-state index contributed by atoms with van der Waals surface area (Å²) < 4.78 is 0. The molecule has 0 aliphatic rings. The van der Waals surface area contributed by atoms with E-state index in [0.29, 0.717) is 0 Å². The Morgan fingerprint density at radius 3 is 2.29 bits per heavy atom. The van der Waals surface area contributed by atoms with Crippen molar-refractivity contribution >= 4 is 21.6 Å². The maximum atomic E-state index is 3.57. The molecular weight excluding hydrogens is 238 g/mol. The van der Waals surface area contributed by atoms with E-state index in [-0.39, 0.29) is 5.41 Å². The summed E-state index contributed by atoms with van der Waals surface area (Å²) in [4.78, 5) is 2.17. The molecule has 0 atom stereocenters. The molecule has 1 rings (SSSR count). The van der Waals surface area contributed by atoms with Gasteiger partial charge in [0.2, 0.25) is 0 Å². The van der Waals surface area contributed by atoms with E-state index in [1.165, 1.54) is 11.3 Å². The number of hydrogen-bond acceptors (Lipinski definition) is 1. The summed E-state index contributed by atoms with van der Waals surface area (Å²) in [6.07, 6.45) is 0. The first-order valence-corrected chi connectivity index (χ1v) is 5.94. The molecule has 0 spiro atoms. The van der Waals surface area contributed by atoms with Crippen molar-refractivity contribution in [1.29, 1.82) is 0 Å². The maximum Gasteiger partial charge on any atom is 0.0399 e. The molecule has 1 aromatic rings. The molecule has 0 radical (unpaired) electrons. The molecule has 0 aliphatic heterocycles. The first-order chi connectivity index (χ1) is 6.49. The van der Waals surface area contributed by atoms with Gasteiger partial charge in [0.25, 0.3) is 0 Å². The van der Waals surface area contributed by atoms with Gasteiger partial charge in [-0.3, -0.25) is 0 Å². The molecule has 78 valence electrons. The predicted molar refractivity (Wildman–Crippen MR) is 67.6 cm³/mol. The van der Waals surface area contributed by atoms with E-state index in [9.17, 15) is 0 Å². The molecule has 0 bridgehead atoms. The van der Waals surface area contributed by atoms with E-state index in [2.05, 4.69) is 73.0 Å². The van der Waals surface area contributed by atoms with Crippen LogP contribution in [0.2, 0.25) is 0 Å². The number of alkyl halides is 1. The highest BCUT2D eigenvalue weighted by atomic mass is 79.9. The molecule has 0 saturated heterocycles. The van der Waals surface area contributed by atoms with Crippen LogP contribution in [-0.4, -0.2) is 19.4 Å². The smallest absolute Gasteiger partial charge is 0.0399 e. The number of para-hydroxylation sites is 1. The van der Waals surface area contributed by atoms with Gasteiger partial charge in [-0.15, -0.1) is 0 Å². The van der Waals surface area contributed by atoms with Gasteiger partial charge in [-0.2, -0.15) is 0 Å². The highest BCUT2D eigenvalue weighted by Crippen LogP contribution is 2.32. The minimum atomic E-state index is 0.181. The first-order valence-electron chi connectivity index (χ1n) is 4.82. The van der Waals surface area contributed by atoms with Crippen LogP contribution >= 0.6 is 15.9 Å². The number of rotatable bonds is 3. The Kier molecular flexibility index (Phi) is 3.59. The standard InChI is InChI=1S/C12H18BrN/c1-12(2,9-13)10-7-5-6-8-11(10)14(3)4/h5-8H,9H2,1-4H3. The summed E-state index contributed by atoms with van der Waals surface area (Å²) in [5.74, 6) is 0. The van der Waals surface area contributed by atoms with Crippen LogP contribution in [0, 0.1) is 0 Å². The molecule has 1 nitrogen and oxygen atoms in total. The van der Waals surface area contributed by atoms with Crippen LogP contribution in [0.5, 0.6) is 0 Å². The second-order valence-electron chi connectivity index (χ2n) is 4.43. The van der Waals surface area contributed by atoms with Crippen molar-refractivity contribution < 1.29 is 0 Å². The molecule has 0 saturated carbocycles. The van der Waals surface area contributed by atoms with Gasteiger partial charge in [0.15, 0.2) is 0 Å². The lowest BCUT2D eigenvalue weighted by Crippen LogP contribution is -2.23. The third-order valence-corrected chi connectivity index (χ3v) is 3.85. The molecule has 0 amide bonds. The Morgan fingerprint density at radius 2 is 1.79 bits per heavy atom. The van der Waals surface area contributed by atoms with Gasteiger partial charge < -0.3 is 4.90 Å². The van der Waals surface area contributed by atoms with Gasteiger partial charge in [-0.05, 0) is 11.6 Å². The van der Waals surface area contributed by atoms with Crippen LogP contribution in [0.25, 0.3) is 0 Å². The van der Waals surface area contributed by atoms with Gasteiger partial charge >= 0.3 is 0 Å². The molecular formula is C12H18BrN. The highest BCUT2D eigenvalue weighted by molar-refractivity contribution is 9.09. The van der Waals surface area contributed by atoms with Crippen molar-refractivity contribution in [2.75, 3.05) is 24.3 Å². The van der Waals surface area contributed by atoms with Gasteiger partial charge in [0, 0.05) is 30.5 Å². The van der Waals surface area contributed by atoms with Crippen LogP contribution in [-0.2, 0) is 5.41 Å². The van der Waals surface area contributed by atoms with Gasteiger partial charge in [0.1, 0.15) is 0 Å². The minimum Gasteiger partial charge on any atom is -0.377 e. The van der Waals surface area contributed by atoms with E-state index in [0.717, 1.165) is 5.33 Å². The SMILES string of the molecule is CN(C)c1ccccc1C(C)(C)CBr. The van der Waals surface area contributed by atoms with Crippen molar-refractivity contribution in [1.82, 2.24) is 0 Å². The van der Waals surface area contributed by atoms with Crippen LogP contribution in [0.15, 0.2) is 24.3 Å². The predicted octanol–water partition coefficient (Wildman–Crippen LogP) is 3.43. The fourth-order valence-electron chi connectivity index (χ4n) is 1.51. The average molecular weight is 256 g/mol. The molecule has 14 heavy (non-hydrogen) atoms. The zero-order chi connectivity index (χ0) is 10.8. The van der Waals surface area contributed by atoms with Gasteiger partial charge in [-0.25, -0.2) is 0 Å². The average Bonchev–Trinajstić information content (AvgIpc) is 2.18. The zero-order valence-corrected chi connectivity index (χ0v) is 10.9. The monoisotopic (exact) mass is 255 g/mol. The topological polar surface area (TPSA) is 3.24 Å². The molecule has 0 N–H and O–H groups in total. The van der Waals surface area contributed by atoms with Gasteiger partial charge in [0.05, 0.1) is 0 Å². The summed E-state index contributed by atoms with van der Waals surface area (Å²) in [6, 6.07) is 8.56. The van der Waals surface area contributed by atoms with Crippen molar-refractivity contribution in [2.45, 2.75) is 19.3 Å². The molecule has 2 heteroatoms. The molecule has 0 heterocycles. The van der Waals surface area contributed by atoms with E-state index >= 15 is 0 Å². The largest absolute Gasteiger partial charge is 0.377 e. The lowest BCUT2D eigenvalue weighted by molar-refractivity contribution is 0.606. The van der Waals surface area contributed by atoms with Crippen molar-refractivity contribution in [3.05, 3.63) is 29.8 Å².